The summed E-state index contributed by atoms with van der Waals surface area (Å²) in [6.07, 6.45) is 43.2. The number of carbonyl (C=O) groups is 3. The summed E-state index contributed by atoms with van der Waals surface area (Å²) in [6.45, 7) is 14.1. The predicted molar refractivity (Wildman–Crippen MR) is 258 cm³/mol. The molecule has 0 aromatic carbocycles. The minimum atomic E-state index is -0.0251. The molecule has 0 unspecified atom stereocenters. The monoisotopic (exact) mass is 862 g/mol. The Morgan fingerprint density at radius 1 is 0.393 bits per heavy atom. The molecule has 1 heterocycles. The number of ether oxygens (including phenoxy) is 3. The molecule has 7 nitrogen and oxygen atoms in total. The van der Waals surface area contributed by atoms with Gasteiger partial charge in [0.05, 0.1) is 25.7 Å². The van der Waals surface area contributed by atoms with Crippen LogP contribution in [0.25, 0.3) is 0 Å². The minimum Gasteiger partial charge on any atom is -0.466 e. The summed E-state index contributed by atoms with van der Waals surface area (Å²) in [5.41, 5.74) is 0. The van der Waals surface area contributed by atoms with Crippen molar-refractivity contribution in [3.63, 3.8) is 0 Å². The van der Waals surface area contributed by atoms with Gasteiger partial charge in [-0.25, -0.2) is 0 Å². The van der Waals surface area contributed by atoms with Gasteiger partial charge in [0.15, 0.2) is 0 Å². The highest BCUT2D eigenvalue weighted by atomic mass is 16.5. The smallest absolute Gasteiger partial charge is 0.308 e. The number of hydrogen-bond acceptors (Lipinski definition) is 7. The molecule has 1 saturated heterocycles. The Bertz CT molecular complexity index is 905. The standard InChI is InChI=1S/C54H103NO6/c1-5-9-22-33-49(34-23-10-6-2)41-47-59-52(56)39-28-19-15-13-17-26-37-51(54(58)61-46-32-45-55-43-30-21-31-44-55)38-27-18-14-16-20-29-40-53(57)60-48-42-50(35-24-11-7-3)36-25-12-8-4/h49-51H,5-48H2,1-4H3. The summed E-state index contributed by atoms with van der Waals surface area (Å²) in [4.78, 5) is 40.6. The van der Waals surface area contributed by atoms with E-state index in [-0.39, 0.29) is 23.8 Å². The van der Waals surface area contributed by atoms with Gasteiger partial charge in [-0.1, -0.05) is 201 Å². The first-order valence-electron chi connectivity index (χ1n) is 27.1. The lowest BCUT2D eigenvalue weighted by atomic mass is 9.92. The second-order valence-corrected chi connectivity index (χ2v) is 19.2. The van der Waals surface area contributed by atoms with Crippen molar-refractivity contribution in [2.75, 3.05) is 39.5 Å². The third kappa shape index (κ3) is 36.4. The lowest BCUT2D eigenvalue weighted by molar-refractivity contribution is -0.149. The van der Waals surface area contributed by atoms with Crippen LogP contribution >= 0.6 is 0 Å². The normalized spacial score (nSPS) is 13.4. The van der Waals surface area contributed by atoms with E-state index in [9.17, 15) is 14.4 Å². The van der Waals surface area contributed by atoms with Crippen LogP contribution in [0.1, 0.15) is 272 Å². The number of esters is 3. The molecule has 61 heavy (non-hydrogen) atoms. The number of piperidine rings is 1. The maximum absolute atomic E-state index is 13.3. The van der Waals surface area contributed by atoms with E-state index in [0.29, 0.717) is 44.5 Å². The first-order chi connectivity index (χ1) is 29.9. The Hall–Kier alpha value is -1.63. The highest BCUT2D eigenvalue weighted by Crippen LogP contribution is 2.24. The first-order valence-corrected chi connectivity index (χ1v) is 27.1. The van der Waals surface area contributed by atoms with Crippen molar-refractivity contribution in [1.82, 2.24) is 4.90 Å². The molecule has 1 aliphatic heterocycles. The molecule has 0 saturated carbocycles. The number of hydrogen-bond donors (Lipinski definition) is 0. The molecule has 0 N–H and O–H groups in total. The molecule has 7 heteroatoms. The van der Waals surface area contributed by atoms with Crippen LogP contribution in [0.4, 0.5) is 0 Å². The third-order valence-corrected chi connectivity index (χ3v) is 13.5. The van der Waals surface area contributed by atoms with Gasteiger partial charge in [0.1, 0.15) is 0 Å². The van der Waals surface area contributed by atoms with Gasteiger partial charge in [-0.15, -0.1) is 0 Å². The number of likely N-dealkylation sites (tertiary alicyclic amines) is 1. The lowest BCUT2D eigenvalue weighted by Gasteiger charge is -2.26. The van der Waals surface area contributed by atoms with E-state index in [1.807, 2.05) is 0 Å². The van der Waals surface area contributed by atoms with Gasteiger partial charge in [-0.2, -0.15) is 0 Å². The maximum atomic E-state index is 13.3. The molecular formula is C54H103NO6. The molecule has 1 fully saturated rings. The van der Waals surface area contributed by atoms with Crippen LogP contribution in [0.2, 0.25) is 0 Å². The number of nitrogens with zero attached hydrogens (tertiary/aromatic N) is 1. The fourth-order valence-corrected chi connectivity index (χ4v) is 9.30. The summed E-state index contributed by atoms with van der Waals surface area (Å²) >= 11 is 0. The predicted octanol–water partition coefficient (Wildman–Crippen LogP) is 15.7. The summed E-state index contributed by atoms with van der Waals surface area (Å²) in [6, 6.07) is 0. The van der Waals surface area contributed by atoms with Crippen molar-refractivity contribution in [2.24, 2.45) is 17.8 Å². The van der Waals surface area contributed by atoms with Gasteiger partial charge in [0.2, 0.25) is 0 Å². The van der Waals surface area contributed by atoms with Crippen molar-refractivity contribution in [3.05, 3.63) is 0 Å². The van der Waals surface area contributed by atoms with Gasteiger partial charge in [0, 0.05) is 19.4 Å². The van der Waals surface area contributed by atoms with Crippen LogP contribution in [-0.2, 0) is 28.6 Å². The van der Waals surface area contributed by atoms with Gasteiger partial charge in [0.25, 0.3) is 0 Å². The largest absolute Gasteiger partial charge is 0.466 e. The fourth-order valence-electron chi connectivity index (χ4n) is 9.30. The summed E-state index contributed by atoms with van der Waals surface area (Å²) in [5, 5.41) is 0. The Labute approximate surface area is 379 Å². The van der Waals surface area contributed by atoms with E-state index < -0.39 is 0 Å². The molecule has 0 spiro atoms. The van der Waals surface area contributed by atoms with Crippen molar-refractivity contribution < 1.29 is 28.6 Å². The van der Waals surface area contributed by atoms with E-state index in [1.54, 1.807) is 0 Å². The van der Waals surface area contributed by atoms with E-state index in [1.165, 1.54) is 135 Å². The Morgan fingerprint density at radius 3 is 1.18 bits per heavy atom. The number of rotatable bonds is 45. The maximum Gasteiger partial charge on any atom is 0.308 e. The fraction of sp³-hybridized carbons (Fsp3) is 0.944. The molecule has 0 aliphatic carbocycles. The second-order valence-electron chi connectivity index (χ2n) is 19.2. The molecule has 0 radical (unpaired) electrons. The van der Waals surface area contributed by atoms with Crippen LogP contribution in [0.5, 0.6) is 0 Å². The summed E-state index contributed by atoms with van der Waals surface area (Å²) < 4.78 is 17.2. The van der Waals surface area contributed by atoms with Crippen molar-refractivity contribution in [1.29, 1.82) is 0 Å². The second kappa shape index (κ2) is 43.6. The van der Waals surface area contributed by atoms with E-state index in [4.69, 9.17) is 14.2 Å². The average Bonchev–Trinajstić information content (AvgIpc) is 3.26. The van der Waals surface area contributed by atoms with E-state index >= 15 is 0 Å². The molecule has 0 aromatic heterocycles. The Balaban J connectivity index is 2.29. The van der Waals surface area contributed by atoms with Crippen molar-refractivity contribution in [3.8, 4) is 0 Å². The zero-order valence-corrected chi connectivity index (χ0v) is 41.2. The first kappa shape index (κ1) is 57.4. The molecule has 0 aromatic rings. The molecule has 0 amide bonds. The Morgan fingerprint density at radius 2 is 0.770 bits per heavy atom. The van der Waals surface area contributed by atoms with Gasteiger partial charge in [-0.3, -0.25) is 14.4 Å². The quantitative estimate of drug-likeness (QED) is 0.0343. The number of carbonyl (C=O) groups excluding carboxylic acids is 3. The molecule has 0 atom stereocenters. The van der Waals surface area contributed by atoms with Crippen LogP contribution in [0.15, 0.2) is 0 Å². The average molecular weight is 862 g/mol. The molecule has 1 aliphatic rings. The molecule has 1 rings (SSSR count). The number of unbranched alkanes of at least 4 members (excludes halogenated alkanes) is 18. The van der Waals surface area contributed by atoms with Crippen LogP contribution in [0, 0.1) is 17.8 Å². The molecule has 360 valence electrons. The SMILES string of the molecule is CCCCCC(CCCCC)CCOC(=O)CCCCCCCCC(CCCCCCCCC(=O)OCCC(CCCCC)CCCCC)C(=O)OCCCN1CCCCC1. The molecular weight excluding hydrogens is 759 g/mol. The van der Waals surface area contributed by atoms with Crippen LogP contribution in [0.3, 0.4) is 0 Å². The van der Waals surface area contributed by atoms with E-state index in [0.717, 1.165) is 116 Å². The van der Waals surface area contributed by atoms with E-state index in [2.05, 4.69) is 32.6 Å². The zero-order valence-electron chi connectivity index (χ0n) is 41.2. The Kier molecular flexibility index (Phi) is 41.0. The van der Waals surface area contributed by atoms with Crippen LogP contribution < -0.4 is 0 Å². The van der Waals surface area contributed by atoms with Crippen molar-refractivity contribution in [2.45, 2.75) is 272 Å². The van der Waals surface area contributed by atoms with Gasteiger partial charge >= 0.3 is 17.9 Å². The summed E-state index contributed by atoms with van der Waals surface area (Å²) in [5.74, 6) is 1.35. The lowest BCUT2D eigenvalue weighted by Crippen LogP contribution is -2.31. The third-order valence-electron chi connectivity index (χ3n) is 13.5. The van der Waals surface area contributed by atoms with Crippen LogP contribution in [-0.4, -0.2) is 62.3 Å². The zero-order chi connectivity index (χ0) is 44.3. The molecule has 0 bridgehead atoms. The highest BCUT2D eigenvalue weighted by Gasteiger charge is 2.20. The highest BCUT2D eigenvalue weighted by molar-refractivity contribution is 5.72. The summed E-state index contributed by atoms with van der Waals surface area (Å²) in [7, 11) is 0. The van der Waals surface area contributed by atoms with Gasteiger partial charge < -0.3 is 19.1 Å². The van der Waals surface area contributed by atoms with Crippen molar-refractivity contribution >= 4 is 17.9 Å². The minimum absolute atomic E-state index is 0.00435. The van der Waals surface area contributed by atoms with Gasteiger partial charge in [-0.05, 0) is 82.7 Å². The topological polar surface area (TPSA) is 82.1 Å².